The molecule has 0 saturated heterocycles. The SMILES string of the molecule is OB(O)c1ccc2c3c1C=CCC3c1ccccc1-2. The molecule has 2 nitrogen and oxygen atoms in total. The van der Waals surface area contributed by atoms with Gasteiger partial charge in [0, 0.05) is 5.92 Å². The minimum absolute atomic E-state index is 0.366. The van der Waals surface area contributed by atoms with Crippen molar-refractivity contribution in [3.05, 3.63) is 59.2 Å². The van der Waals surface area contributed by atoms with Crippen molar-refractivity contribution in [1.29, 1.82) is 0 Å². The zero-order valence-electron chi connectivity index (χ0n) is 10.4. The van der Waals surface area contributed by atoms with Crippen LogP contribution in [0.2, 0.25) is 0 Å². The van der Waals surface area contributed by atoms with Crippen molar-refractivity contribution in [1.82, 2.24) is 0 Å². The molecule has 0 amide bonds. The number of benzene rings is 2. The second-order valence-electron chi connectivity index (χ2n) is 5.18. The Morgan fingerprint density at radius 1 is 1.00 bits per heavy atom. The highest BCUT2D eigenvalue weighted by atomic mass is 16.4. The van der Waals surface area contributed by atoms with Crippen molar-refractivity contribution in [3.8, 4) is 11.1 Å². The van der Waals surface area contributed by atoms with Gasteiger partial charge in [-0.1, -0.05) is 48.6 Å². The molecule has 0 aliphatic heterocycles. The van der Waals surface area contributed by atoms with E-state index in [9.17, 15) is 10.0 Å². The number of allylic oxidation sites excluding steroid dienone is 1. The molecular formula is C16H13BO2. The van der Waals surface area contributed by atoms with Crippen LogP contribution in [-0.2, 0) is 0 Å². The van der Waals surface area contributed by atoms with Crippen molar-refractivity contribution in [2.45, 2.75) is 12.3 Å². The van der Waals surface area contributed by atoms with E-state index < -0.39 is 7.12 Å². The van der Waals surface area contributed by atoms with Crippen LogP contribution >= 0.6 is 0 Å². The van der Waals surface area contributed by atoms with Gasteiger partial charge in [0.1, 0.15) is 0 Å². The number of hydrogen-bond donors (Lipinski definition) is 2. The normalized spacial score (nSPS) is 18.1. The van der Waals surface area contributed by atoms with E-state index in [1.165, 1.54) is 22.3 Å². The predicted octanol–water partition coefficient (Wildman–Crippen LogP) is 1.90. The Bertz CT molecular complexity index is 704. The molecule has 2 aliphatic carbocycles. The van der Waals surface area contributed by atoms with Crippen molar-refractivity contribution in [2.75, 3.05) is 0 Å². The van der Waals surface area contributed by atoms with Crippen LogP contribution in [0, 0.1) is 0 Å². The van der Waals surface area contributed by atoms with Gasteiger partial charge < -0.3 is 10.0 Å². The third-order valence-corrected chi connectivity index (χ3v) is 4.23. The lowest BCUT2D eigenvalue weighted by molar-refractivity contribution is 0.425. The largest absolute Gasteiger partial charge is 0.489 e. The van der Waals surface area contributed by atoms with Crippen LogP contribution < -0.4 is 5.46 Å². The van der Waals surface area contributed by atoms with Crippen molar-refractivity contribution >= 4 is 18.7 Å². The number of rotatable bonds is 1. The summed E-state index contributed by atoms with van der Waals surface area (Å²) in [5.74, 6) is 0.366. The van der Waals surface area contributed by atoms with Gasteiger partial charge >= 0.3 is 7.12 Å². The predicted molar refractivity (Wildman–Crippen MR) is 77.2 cm³/mol. The summed E-state index contributed by atoms with van der Waals surface area (Å²) < 4.78 is 0. The molecular weight excluding hydrogens is 235 g/mol. The van der Waals surface area contributed by atoms with Crippen molar-refractivity contribution in [2.24, 2.45) is 0 Å². The summed E-state index contributed by atoms with van der Waals surface area (Å²) in [5, 5.41) is 19.0. The molecule has 2 aromatic rings. The molecule has 0 fully saturated rings. The zero-order chi connectivity index (χ0) is 13.0. The van der Waals surface area contributed by atoms with E-state index in [1.54, 1.807) is 0 Å². The van der Waals surface area contributed by atoms with Gasteiger partial charge in [-0.2, -0.15) is 0 Å². The number of fused-ring (bicyclic) bond motifs is 3. The van der Waals surface area contributed by atoms with E-state index in [0.29, 0.717) is 11.4 Å². The average Bonchev–Trinajstić information content (AvgIpc) is 2.76. The summed E-state index contributed by atoms with van der Waals surface area (Å²) in [6.07, 6.45) is 5.14. The standard InChI is InChI=1S/C16H13BO2/c18-17(19)15-9-8-13-11-5-2-1-4-10(11)12-6-3-7-14(15)16(12)13/h1-5,7-9,12,18-19H,6H2. The molecule has 3 heteroatoms. The summed E-state index contributed by atoms with van der Waals surface area (Å²) >= 11 is 0. The van der Waals surface area contributed by atoms with E-state index in [1.807, 2.05) is 18.2 Å². The highest BCUT2D eigenvalue weighted by Gasteiger charge is 2.33. The van der Waals surface area contributed by atoms with Crippen LogP contribution in [-0.4, -0.2) is 17.2 Å². The fourth-order valence-electron chi connectivity index (χ4n) is 3.44. The Morgan fingerprint density at radius 2 is 1.84 bits per heavy atom. The summed E-state index contributed by atoms with van der Waals surface area (Å²) in [6.45, 7) is 0. The van der Waals surface area contributed by atoms with E-state index in [0.717, 1.165) is 12.0 Å². The maximum absolute atomic E-state index is 9.52. The van der Waals surface area contributed by atoms with E-state index in [2.05, 4.69) is 30.3 Å². The quantitative estimate of drug-likeness (QED) is 0.756. The Labute approximate surface area is 112 Å². The molecule has 4 rings (SSSR count). The third-order valence-electron chi connectivity index (χ3n) is 4.23. The van der Waals surface area contributed by atoms with Crippen molar-refractivity contribution in [3.63, 3.8) is 0 Å². The van der Waals surface area contributed by atoms with Gasteiger partial charge in [0.05, 0.1) is 0 Å². The molecule has 0 radical (unpaired) electrons. The zero-order valence-corrected chi connectivity index (χ0v) is 10.4. The maximum atomic E-state index is 9.52. The lowest BCUT2D eigenvalue weighted by atomic mass is 9.72. The van der Waals surface area contributed by atoms with Gasteiger partial charge in [-0.05, 0) is 39.7 Å². The smallest absolute Gasteiger partial charge is 0.423 e. The van der Waals surface area contributed by atoms with E-state index >= 15 is 0 Å². The first-order valence-corrected chi connectivity index (χ1v) is 6.56. The minimum Gasteiger partial charge on any atom is -0.423 e. The van der Waals surface area contributed by atoms with Crippen LogP contribution in [0.15, 0.2) is 42.5 Å². The van der Waals surface area contributed by atoms with Gasteiger partial charge in [-0.15, -0.1) is 0 Å². The Morgan fingerprint density at radius 3 is 2.68 bits per heavy atom. The first-order chi connectivity index (χ1) is 9.27. The molecule has 0 bridgehead atoms. The average molecular weight is 248 g/mol. The van der Waals surface area contributed by atoms with Gasteiger partial charge in [0.2, 0.25) is 0 Å². The fraction of sp³-hybridized carbons (Fsp3) is 0.125. The molecule has 2 aromatic carbocycles. The molecule has 1 atom stereocenters. The topological polar surface area (TPSA) is 40.5 Å². The summed E-state index contributed by atoms with van der Waals surface area (Å²) in [7, 11) is -1.41. The maximum Gasteiger partial charge on any atom is 0.489 e. The van der Waals surface area contributed by atoms with E-state index in [-0.39, 0.29) is 0 Å². The lowest BCUT2D eigenvalue weighted by Gasteiger charge is -2.20. The van der Waals surface area contributed by atoms with Crippen LogP contribution in [0.25, 0.3) is 17.2 Å². The Hall–Kier alpha value is -1.84. The first-order valence-electron chi connectivity index (χ1n) is 6.56. The Balaban J connectivity index is 2.06. The molecule has 2 aliphatic rings. The van der Waals surface area contributed by atoms with Gasteiger partial charge in [0.25, 0.3) is 0 Å². The van der Waals surface area contributed by atoms with Crippen LogP contribution in [0.1, 0.15) is 29.0 Å². The molecule has 92 valence electrons. The molecule has 19 heavy (non-hydrogen) atoms. The third kappa shape index (κ3) is 1.40. The van der Waals surface area contributed by atoms with Gasteiger partial charge in [-0.25, -0.2) is 0 Å². The molecule has 0 spiro atoms. The summed E-state index contributed by atoms with van der Waals surface area (Å²) in [4.78, 5) is 0. The van der Waals surface area contributed by atoms with Crippen LogP contribution in [0.3, 0.4) is 0 Å². The second kappa shape index (κ2) is 3.83. The monoisotopic (exact) mass is 248 g/mol. The molecule has 1 unspecified atom stereocenters. The Kier molecular flexibility index (Phi) is 2.22. The first kappa shape index (κ1) is 11.0. The molecule has 0 heterocycles. The lowest BCUT2D eigenvalue weighted by Crippen LogP contribution is -2.33. The summed E-state index contributed by atoms with van der Waals surface area (Å²) in [5.41, 5.74) is 6.73. The van der Waals surface area contributed by atoms with E-state index in [4.69, 9.17) is 0 Å². The van der Waals surface area contributed by atoms with Crippen molar-refractivity contribution < 1.29 is 10.0 Å². The minimum atomic E-state index is -1.41. The van der Waals surface area contributed by atoms with Crippen LogP contribution in [0.5, 0.6) is 0 Å². The second-order valence-corrected chi connectivity index (χ2v) is 5.18. The highest BCUT2D eigenvalue weighted by Crippen LogP contribution is 2.49. The number of hydrogen-bond acceptors (Lipinski definition) is 2. The van der Waals surface area contributed by atoms with Gasteiger partial charge in [0.15, 0.2) is 0 Å². The van der Waals surface area contributed by atoms with Crippen LogP contribution in [0.4, 0.5) is 0 Å². The molecule has 0 saturated carbocycles. The highest BCUT2D eigenvalue weighted by molar-refractivity contribution is 6.59. The molecule has 0 aromatic heterocycles. The van der Waals surface area contributed by atoms with Gasteiger partial charge in [-0.3, -0.25) is 0 Å². The summed E-state index contributed by atoms with van der Waals surface area (Å²) in [6, 6.07) is 12.3. The molecule has 2 N–H and O–H groups in total. The fourth-order valence-corrected chi connectivity index (χ4v) is 3.44.